The molecular formula is C14H25NO4. The lowest BCUT2D eigenvalue weighted by atomic mass is 9.78. The molecule has 0 radical (unpaired) electrons. The van der Waals surface area contributed by atoms with E-state index in [9.17, 15) is 9.90 Å². The minimum atomic E-state index is -0.749. The number of carbonyl (C=O) groups is 1. The van der Waals surface area contributed by atoms with Crippen molar-refractivity contribution in [1.29, 1.82) is 0 Å². The number of rotatable bonds is 7. The lowest BCUT2D eigenvalue weighted by molar-refractivity contribution is -0.144. The van der Waals surface area contributed by atoms with E-state index in [1.807, 2.05) is 0 Å². The van der Waals surface area contributed by atoms with Gasteiger partial charge in [0.1, 0.15) is 0 Å². The van der Waals surface area contributed by atoms with Gasteiger partial charge in [0.05, 0.1) is 11.5 Å². The first-order chi connectivity index (χ1) is 8.99. The highest BCUT2D eigenvalue weighted by atomic mass is 16.4. The third-order valence-electron chi connectivity index (χ3n) is 4.82. The summed E-state index contributed by atoms with van der Waals surface area (Å²) in [5, 5.41) is 31.7. The predicted molar refractivity (Wildman–Crippen MR) is 70.8 cm³/mol. The van der Waals surface area contributed by atoms with Crippen LogP contribution in [0.4, 0.5) is 0 Å². The molecule has 5 heteroatoms. The quantitative estimate of drug-likeness (QED) is 0.548. The Labute approximate surface area is 114 Å². The van der Waals surface area contributed by atoms with Gasteiger partial charge in [-0.1, -0.05) is 0 Å². The van der Waals surface area contributed by atoms with Gasteiger partial charge in [-0.15, -0.1) is 0 Å². The second-order valence-electron chi connectivity index (χ2n) is 6.41. The number of hydrogen-bond acceptors (Lipinski definition) is 4. The summed E-state index contributed by atoms with van der Waals surface area (Å²) in [6.07, 6.45) is 5.39. The Hall–Kier alpha value is -0.650. The van der Waals surface area contributed by atoms with Crippen LogP contribution < -0.4 is 5.32 Å². The summed E-state index contributed by atoms with van der Waals surface area (Å²) in [6.45, 7) is 1.61. The fourth-order valence-corrected chi connectivity index (χ4v) is 3.07. The van der Waals surface area contributed by atoms with E-state index in [1.54, 1.807) is 0 Å². The summed E-state index contributed by atoms with van der Waals surface area (Å²) < 4.78 is 0. The van der Waals surface area contributed by atoms with Crippen LogP contribution in [0.3, 0.4) is 0 Å². The van der Waals surface area contributed by atoms with Crippen molar-refractivity contribution in [2.75, 3.05) is 19.7 Å². The van der Waals surface area contributed by atoms with Gasteiger partial charge >= 0.3 is 5.97 Å². The van der Waals surface area contributed by atoms with E-state index in [-0.39, 0.29) is 17.9 Å². The maximum Gasteiger partial charge on any atom is 0.306 e. The molecule has 0 aromatic rings. The van der Waals surface area contributed by atoms with Gasteiger partial charge in [-0.05, 0) is 50.4 Å². The number of carboxylic acids is 1. The van der Waals surface area contributed by atoms with Crippen LogP contribution in [0, 0.1) is 11.3 Å². The fraction of sp³-hybridized carbons (Fsp3) is 0.929. The van der Waals surface area contributed by atoms with Crippen molar-refractivity contribution in [1.82, 2.24) is 5.32 Å². The van der Waals surface area contributed by atoms with E-state index in [2.05, 4.69) is 5.32 Å². The van der Waals surface area contributed by atoms with Gasteiger partial charge in [0.25, 0.3) is 0 Å². The molecule has 0 atom stereocenters. The lowest BCUT2D eigenvalue weighted by Gasteiger charge is -2.35. The molecular weight excluding hydrogens is 246 g/mol. The Bertz CT molecular complexity index is 319. The summed E-state index contributed by atoms with van der Waals surface area (Å²) >= 11 is 0. The van der Waals surface area contributed by atoms with Gasteiger partial charge in [0.2, 0.25) is 0 Å². The van der Waals surface area contributed by atoms with Crippen LogP contribution in [0.1, 0.15) is 44.9 Å². The lowest BCUT2D eigenvalue weighted by Crippen LogP contribution is -2.45. The van der Waals surface area contributed by atoms with E-state index in [4.69, 9.17) is 10.2 Å². The topological polar surface area (TPSA) is 89.8 Å². The highest BCUT2D eigenvalue weighted by Crippen LogP contribution is 2.48. The van der Waals surface area contributed by atoms with Gasteiger partial charge in [-0.3, -0.25) is 4.79 Å². The standard InChI is InChI=1S/C14H25NO4/c16-8-7-13(5-6-13)9-15-10-14(19)3-1-11(2-4-14)12(17)18/h11,15-16,19H,1-10H2,(H,17,18). The van der Waals surface area contributed by atoms with Crippen LogP contribution in [0.25, 0.3) is 0 Å². The molecule has 0 bridgehead atoms. The largest absolute Gasteiger partial charge is 0.481 e. The van der Waals surface area contributed by atoms with Gasteiger partial charge in [-0.2, -0.15) is 0 Å². The summed E-state index contributed by atoms with van der Waals surface area (Å²) in [7, 11) is 0. The normalized spacial score (nSPS) is 33.1. The number of carboxylic acid groups (broad SMARTS) is 1. The highest BCUT2D eigenvalue weighted by molar-refractivity contribution is 5.70. The van der Waals surface area contributed by atoms with Crippen molar-refractivity contribution in [3.63, 3.8) is 0 Å². The first-order valence-electron chi connectivity index (χ1n) is 7.25. The Kier molecular flexibility index (Phi) is 4.48. The maximum atomic E-state index is 10.9. The zero-order chi connectivity index (χ0) is 13.9. The molecule has 0 aromatic carbocycles. The van der Waals surface area contributed by atoms with E-state index >= 15 is 0 Å². The maximum absolute atomic E-state index is 10.9. The summed E-state index contributed by atoms with van der Waals surface area (Å²) in [5.74, 6) is -1.03. The van der Waals surface area contributed by atoms with Gasteiger partial charge in [0, 0.05) is 19.7 Å². The molecule has 0 amide bonds. The smallest absolute Gasteiger partial charge is 0.306 e. The van der Waals surface area contributed by atoms with Crippen LogP contribution >= 0.6 is 0 Å². The summed E-state index contributed by atoms with van der Waals surface area (Å²) in [4.78, 5) is 10.9. The zero-order valence-corrected chi connectivity index (χ0v) is 11.4. The van der Waals surface area contributed by atoms with E-state index in [1.165, 1.54) is 0 Å². The SMILES string of the molecule is O=C(O)C1CCC(O)(CNCC2(CCO)CC2)CC1. The van der Waals surface area contributed by atoms with Crippen molar-refractivity contribution >= 4 is 5.97 Å². The Balaban J connectivity index is 1.70. The molecule has 2 rings (SSSR count). The van der Waals surface area contributed by atoms with Crippen LogP contribution in [0.5, 0.6) is 0 Å². The number of aliphatic hydroxyl groups excluding tert-OH is 1. The molecule has 0 aliphatic heterocycles. The first-order valence-corrected chi connectivity index (χ1v) is 7.25. The fourth-order valence-electron chi connectivity index (χ4n) is 3.07. The van der Waals surface area contributed by atoms with Crippen molar-refractivity contribution in [2.24, 2.45) is 11.3 Å². The average molecular weight is 271 g/mol. The van der Waals surface area contributed by atoms with Gasteiger partial charge < -0.3 is 20.6 Å². The first kappa shape index (κ1) is 14.8. The second-order valence-corrected chi connectivity index (χ2v) is 6.41. The molecule has 2 fully saturated rings. The predicted octanol–water partition coefficient (Wildman–Crippen LogP) is 0.744. The van der Waals surface area contributed by atoms with E-state index in [0.29, 0.717) is 32.2 Å². The molecule has 2 aliphatic rings. The molecule has 0 saturated heterocycles. The van der Waals surface area contributed by atoms with Gasteiger partial charge in [-0.25, -0.2) is 0 Å². The molecule has 0 unspecified atom stereocenters. The molecule has 0 spiro atoms. The second kappa shape index (κ2) is 5.77. The number of hydrogen-bond donors (Lipinski definition) is 4. The Morgan fingerprint density at radius 1 is 1.16 bits per heavy atom. The van der Waals surface area contributed by atoms with Crippen LogP contribution in [-0.2, 0) is 4.79 Å². The van der Waals surface area contributed by atoms with Crippen molar-refractivity contribution in [3.8, 4) is 0 Å². The molecule has 0 aromatic heterocycles. The molecule has 4 N–H and O–H groups in total. The molecule has 110 valence electrons. The molecule has 2 aliphatic carbocycles. The Morgan fingerprint density at radius 3 is 2.26 bits per heavy atom. The van der Waals surface area contributed by atoms with Crippen molar-refractivity contribution in [2.45, 2.75) is 50.5 Å². The molecule has 0 heterocycles. The summed E-state index contributed by atoms with van der Waals surface area (Å²) in [6, 6.07) is 0. The number of aliphatic hydroxyl groups is 2. The monoisotopic (exact) mass is 271 g/mol. The molecule has 2 saturated carbocycles. The van der Waals surface area contributed by atoms with E-state index < -0.39 is 11.6 Å². The third-order valence-corrected chi connectivity index (χ3v) is 4.82. The highest BCUT2D eigenvalue weighted by Gasteiger charge is 2.42. The number of aliphatic carboxylic acids is 1. The van der Waals surface area contributed by atoms with Crippen LogP contribution in [-0.4, -0.2) is 46.6 Å². The minimum Gasteiger partial charge on any atom is -0.481 e. The summed E-state index contributed by atoms with van der Waals surface area (Å²) in [5.41, 5.74) is -0.495. The average Bonchev–Trinajstić information content (AvgIpc) is 3.10. The van der Waals surface area contributed by atoms with Crippen LogP contribution in [0.15, 0.2) is 0 Å². The molecule has 19 heavy (non-hydrogen) atoms. The molecule has 5 nitrogen and oxygen atoms in total. The third kappa shape index (κ3) is 3.91. The zero-order valence-electron chi connectivity index (χ0n) is 11.4. The van der Waals surface area contributed by atoms with E-state index in [0.717, 1.165) is 25.8 Å². The minimum absolute atomic E-state index is 0.228. The Morgan fingerprint density at radius 2 is 1.79 bits per heavy atom. The van der Waals surface area contributed by atoms with Crippen LogP contribution in [0.2, 0.25) is 0 Å². The van der Waals surface area contributed by atoms with Gasteiger partial charge in [0.15, 0.2) is 0 Å². The van der Waals surface area contributed by atoms with Crippen molar-refractivity contribution < 1.29 is 20.1 Å². The van der Waals surface area contributed by atoms with Crippen molar-refractivity contribution in [3.05, 3.63) is 0 Å². The number of nitrogens with one attached hydrogen (secondary N) is 1.